The number of carbonyl (C=O) groups is 10. The Bertz CT molecular complexity index is 1510. The standard InChI is InChI=1S/C31H47N11O11S/c32-26(48)16-5-3-15(4-6-16)13-42-25(47)9-20(29(42)51)54-14-19-28(50)38-11-23(45)40-18(30(52)53)8-21(43)36-10-22(44)39-17(2-1-7-35-31(33)34)27(49)37-12-24(46)41-19/h15-20H,1-14H2,(H2,32,48)(H,36,43)(H,37,49)(H,38,50)(H,39,44)(H,40,45)(H,41,46)(H,52,53)(H4,33,34,35)/t15?,16?,17-,18-,19-,20?/m0/s1. The lowest BCUT2D eigenvalue weighted by Crippen LogP contribution is -2.54. The van der Waals surface area contributed by atoms with Gasteiger partial charge in [-0.25, -0.2) is 4.79 Å². The van der Waals surface area contributed by atoms with Crippen molar-refractivity contribution in [1.82, 2.24) is 36.8 Å². The second-order valence-corrected chi connectivity index (χ2v) is 14.3. The Morgan fingerprint density at radius 2 is 1.33 bits per heavy atom. The summed E-state index contributed by atoms with van der Waals surface area (Å²) in [4.78, 5) is 131. The fourth-order valence-corrected chi connectivity index (χ4v) is 7.17. The molecule has 13 N–H and O–H groups in total. The molecule has 23 heteroatoms. The molecule has 22 nitrogen and oxygen atoms in total. The van der Waals surface area contributed by atoms with Crippen molar-refractivity contribution in [2.45, 2.75) is 74.7 Å². The van der Waals surface area contributed by atoms with E-state index in [-0.39, 0.29) is 61.8 Å². The summed E-state index contributed by atoms with van der Waals surface area (Å²) in [6.45, 7) is -1.82. The third-order valence-electron chi connectivity index (χ3n) is 8.92. The van der Waals surface area contributed by atoms with Crippen molar-refractivity contribution < 1.29 is 53.1 Å². The number of guanidine groups is 1. The lowest BCUT2D eigenvalue weighted by Gasteiger charge is -2.29. The monoisotopic (exact) mass is 781 g/mol. The van der Waals surface area contributed by atoms with Crippen LogP contribution < -0.4 is 49.1 Å². The molecule has 3 fully saturated rings. The number of nitrogens with one attached hydrogen (secondary N) is 6. The number of amides is 9. The molecule has 298 valence electrons. The fraction of sp³-hybridized carbons (Fsp3) is 0.645. The number of hydrogen-bond donors (Lipinski definition) is 10. The molecule has 0 aromatic rings. The summed E-state index contributed by atoms with van der Waals surface area (Å²) < 4.78 is 0. The van der Waals surface area contributed by atoms with Crippen LogP contribution in [-0.4, -0.2) is 137 Å². The third kappa shape index (κ3) is 13.8. The summed E-state index contributed by atoms with van der Waals surface area (Å²) in [7, 11) is 0. The van der Waals surface area contributed by atoms with Crippen LogP contribution in [0.3, 0.4) is 0 Å². The highest BCUT2D eigenvalue weighted by atomic mass is 32.2. The molecule has 3 aliphatic rings. The average Bonchev–Trinajstić information content (AvgIpc) is 3.38. The summed E-state index contributed by atoms with van der Waals surface area (Å²) in [6.07, 6.45) is 1.62. The van der Waals surface area contributed by atoms with Crippen LogP contribution in [0.2, 0.25) is 0 Å². The van der Waals surface area contributed by atoms with Crippen LogP contribution in [0.15, 0.2) is 4.99 Å². The first kappa shape index (κ1) is 42.9. The van der Waals surface area contributed by atoms with Gasteiger partial charge in [-0.2, -0.15) is 0 Å². The van der Waals surface area contributed by atoms with Crippen molar-refractivity contribution >= 4 is 76.9 Å². The first-order chi connectivity index (χ1) is 25.5. The SMILES string of the molecule is NC(=O)C1CCC(CN2C(=O)CC(SC[C@@H]3NC(=O)CNC(=O)[C@H](CCCN=C(N)N)NC(=O)CNC(=O)C[C@@H](C(=O)O)NC(=O)CNC3=O)C2=O)CC1. The molecule has 0 bridgehead atoms. The van der Waals surface area contributed by atoms with E-state index in [9.17, 15) is 53.1 Å². The number of aliphatic carboxylic acids is 1. The Balaban J connectivity index is 1.72. The molecule has 1 saturated carbocycles. The topological polar surface area (TPSA) is 357 Å². The Labute approximate surface area is 313 Å². The van der Waals surface area contributed by atoms with E-state index < -0.39 is 103 Å². The zero-order chi connectivity index (χ0) is 39.9. The Hall–Kier alpha value is -5.48. The number of thioether (sulfide) groups is 1. The lowest BCUT2D eigenvalue weighted by atomic mass is 9.81. The molecular formula is C31H47N11O11S. The number of primary amides is 1. The summed E-state index contributed by atoms with van der Waals surface area (Å²) in [5.74, 6) is -8.88. The normalized spacial score (nSPS) is 26.8. The van der Waals surface area contributed by atoms with Gasteiger partial charge in [0, 0.05) is 31.2 Å². The molecule has 0 radical (unpaired) electrons. The molecule has 2 heterocycles. The Kier molecular flexibility index (Phi) is 16.4. The van der Waals surface area contributed by atoms with E-state index in [0.29, 0.717) is 25.7 Å². The first-order valence-corrected chi connectivity index (χ1v) is 18.3. The summed E-state index contributed by atoms with van der Waals surface area (Å²) >= 11 is 0.922. The predicted octanol–water partition coefficient (Wildman–Crippen LogP) is -5.52. The number of hydrogen-bond acceptors (Lipinski definition) is 12. The third-order valence-corrected chi connectivity index (χ3v) is 10.2. The highest BCUT2D eigenvalue weighted by molar-refractivity contribution is 8.00. The van der Waals surface area contributed by atoms with E-state index >= 15 is 0 Å². The number of imide groups is 1. The minimum Gasteiger partial charge on any atom is -0.480 e. The van der Waals surface area contributed by atoms with Crippen molar-refractivity contribution in [2.24, 2.45) is 34.0 Å². The molecule has 2 aliphatic heterocycles. The van der Waals surface area contributed by atoms with Crippen LogP contribution in [0.5, 0.6) is 0 Å². The zero-order valence-electron chi connectivity index (χ0n) is 29.4. The van der Waals surface area contributed by atoms with Crippen molar-refractivity contribution in [2.75, 3.05) is 38.5 Å². The molecule has 2 saturated heterocycles. The maximum absolute atomic E-state index is 13.3. The lowest BCUT2D eigenvalue weighted by molar-refractivity contribution is -0.143. The van der Waals surface area contributed by atoms with Crippen LogP contribution in [0.25, 0.3) is 0 Å². The van der Waals surface area contributed by atoms with E-state index in [1.165, 1.54) is 0 Å². The minimum absolute atomic E-state index is 0.00148. The van der Waals surface area contributed by atoms with Gasteiger partial charge >= 0.3 is 5.97 Å². The molecule has 3 rings (SSSR count). The number of rotatable bonds is 11. The van der Waals surface area contributed by atoms with Gasteiger partial charge < -0.3 is 54.2 Å². The quantitative estimate of drug-likeness (QED) is 0.0405. The number of carboxylic acids is 1. The number of nitrogens with two attached hydrogens (primary N) is 3. The van der Waals surface area contributed by atoms with Gasteiger partial charge in [-0.05, 0) is 44.4 Å². The molecule has 1 aliphatic carbocycles. The van der Waals surface area contributed by atoms with Gasteiger partial charge in [-0.1, -0.05) is 0 Å². The van der Waals surface area contributed by atoms with Gasteiger partial charge in [-0.15, -0.1) is 11.8 Å². The second-order valence-electron chi connectivity index (χ2n) is 13.1. The molecule has 9 amide bonds. The average molecular weight is 782 g/mol. The summed E-state index contributed by atoms with van der Waals surface area (Å²) in [5.41, 5.74) is 16.1. The van der Waals surface area contributed by atoms with Gasteiger partial charge in [0.1, 0.15) is 18.1 Å². The predicted molar refractivity (Wildman–Crippen MR) is 189 cm³/mol. The number of likely N-dealkylation sites (tertiary alicyclic amines) is 1. The van der Waals surface area contributed by atoms with Crippen LogP contribution in [0.1, 0.15) is 51.4 Å². The van der Waals surface area contributed by atoms with Gasteiger partial charge in [0.15, 0.2) is 5.96 Å². The van der Waals surface area contributed by atoms with Crippen LogP contribution >= 0.6 is 11.8 Å². The number of aliphatic imine (C=N–C) groups is 1. The van der Waals surface area contributed by atoms with Crippen molar-refractivity contribution in [1.29, 1.82) is 0 Å². The smallest absolute Gasteiger partial charge is 0.326 e. The van der Waals surface area contributed by atoms with Crippen LogP contribution in [-0.2, 0) is 47.9 Å². The van der Waals surface area contributed by atoms with Gasteiger partial charge in [0.05, 0.1) is 31.3 Å². The minimum atomic E-state index is -1.74. The van der Waals surface area contributed by atoms with E-state index in [1.54, 1.807) is 0 Å². The van der Waals surface area contributed by atoms with Crippen molar-refractivity contribution in [3.63, 3.8) is 0 Å². The zero-order valence-corrected chi connectivity index (χ0v) is 30.2. The Morgan fingerprint density at radius 3 is 1.93 bits per heavy atom. The van der Waals surface area contributed by atoms with E-state index in [4.69, 9.17) is 17.2 Å². The number of carbonyl (C=O) groups excluding carboxylic acids is 9. The van der Waals surface area contributed by atoms with Crippen LogP contribution in [0, 0.1) is 11.8 Å². The number of nitrogens with zero attached hydrogens (tertiary/aromatic N) is 2. The Morgan fingerprint density at radius 1 is 0.759 bits per heavy atom. The second kappa shape index (κ2) is 20.7. The molecule has 1 unspecified atom stereocenters. The molecule has 54 heavy (non-hydrogen) atoms. The van der Waals surface area contributed by atoms with Crippen LogP contribution in [0.4, 0.5) is 0 Å². The molecule has 0 spiro atoms. The highest BCUT2D eigenvalue weighted by Crippen LogP contribution is 2.32. The molecule has 0 aromatic carbocycles. The maximum Gasteiger partial charge on any atom is 0.326 e. The molecule has 0 aromatic heterocycles. The largest absolute Gasteiger partial charge is 0.480 e. The van der Waals surface area contributed by atoms with Crippen molar-refractivity contribution in [3.8, 4) is 0 Å². The maximum atomic E-state index is 13.3. The van der Waals surface area contributed by atoms with Gasteiger partial charge in [0.25, 0.3) is 0 Å². The van der Waals surface area contributed by atoms with Crippen molar-refractivity contribution in [3.05, 3.63) is 0 Å². The van der Waals surface area contributed by atoms with E-state index in [0.717, 1.165) is 16.7 Å². The first-order valence-electron chi connectivity index (χ1n) is 17.3. The fourth-order valence-electron chi connectivity index (χ4n) is 5.98. The number of carboxylic acid groups (broad SMARTS) is 1. The highest BCUT2D eigenvalue weighted by Gasteiger charge is 2.41. The van der Waals surface area contributed by atoms with E-state index in [2.05, 4.69) is 36.9 Å². The van der Waals surface area contributed by atoms with Gasteiger partial charge in [0.2, 0.25) is 53.2 Å². The summed E-state index contributed by atoms with van der Waals surface area (Å²) in [5, 5.41) is 22.4. The summed E-state index contributed by atoms with van der Waals surface area (Å²) in [6, 6.07) is -4.38. The van der Waals surface area contributed by atoms with E-state index in [1.807, 2.05) is 0 Å². The molecular weight excluding hydrogens is 734 g/mol. The molecule has 4 atom stereocenters. The van der Waals surface area contributed by atoms with Gasteiger partial charge in [-0.3, -0.25) is 53.0 Å².